The number of thiazole rings is 1. The van der Waals surface area contributed by atoms with Crippen LogP contribution < -0.4 is 5.32 Å². The van der Waals surface area contributed by atoms with Gasteiger partial charge < -0.3 is 9.88 Å². The van der Waals surface area contributed by atoms with Crippen molar-refractivity contribution in [3.05, 3.63) is 29.0 Å². The van der Waals surface area contributed by atoms with Crippen molar-refractivity contribution in [2.24, 2.45) is 0 Å². The molecule has 0 amide bonds. The Morgan fingerprint density at radius 1 is 1.26 bits per heavy atom. The maximum atomic E-state index is 4.47. The van der Waals surface area contributed by atoms with Gasteiger partial charge in [0.2, 0.25) is 5.95 Å². The Hall–Kier alpha value is -1.36. The van der Waals surface area contributed by atoms with E-state index in [2.05, 4.69) is 26.8 Å². The van der Waals surface area contributed by atoms with Crippen molar-refractivity contribution in [1.29, 1.82) is 0 Å². The fourth-order valence-corrected chi connectivity index (χ4v) is 3.42. The average Bonchev–Trinajstić information content (AvgIpc) is 3.10. The van der Waals surface area contributed by atoms with Crippen molar-refractivity contribution in [3.63, 3.8) is 0 Å². The number of hydrogen-bond donors (Lipinski definition) is 1. The Labute approximate surface area is 117 Å². The summed E-state index contributed by atoms with van der Waals surface area (Å²) in [4.78, 5) is 8.87. The van der Waals surface area contributed by atoms with Gasteiger partial charge in [-0.05, 0) is 19.8 Å². The van der Waals surface area contributed by atoms with Crippen LogP contribution in [-0.2, 0) is 0 Å². The van der Waals surface area contributed by atoms with Crippen molar-refractivity contribution in [2.45, 2.75) is 51.1 Å². The molecule has 102 valence electrons. The maximum Gasteiger partial charge on any atom is 0.203 e. The molecule has 1 aliphatic rings. The molecule has 2 aromatic heterocycles. The third-order valence-electron chi connectivity index (χ3n) is 3.83. The van der Waals surface area contributed by atoms with Crippen molar-refractivity contribution in [1.82, 2.24) is 14.5 Å². The molecule has 4 nitrogen and oxygen atoms in total. The number of imidazole rings is 1. The third kappa shape index (κ3) is 2.81. The van der Waals surface area contributed by atoms with Crippen LogP contribution in [0.25, 0.3) is 0 Å². The van der Waals surface area contributed by atoms with E-state index >= 15 is 0 Å². The Morgan fingerprint density at radius 3 is 2.84 bits per heavy atom. The summed E-state index contributed by atoms with van der Waals surface area (Å²) in [6.45, 7) is 2.17. The average molecular weight is 276 g/mol. The van der Waals surface area contributed by atoms with Crippen molar-refractivity contribution < 1.29 is 0 Å². The molecule has 0 aliphatic heterocycles. The summed E-state index contributed by atoms with van der Waals surface area (Å²) in [5.41, 5.74) is 0. The van der Waals surface area contributed by atoms with Crippen LogP contribution in [0, 0.1) is 0 Å². The molecular formula is C14H20N4S. The van der Waals surface area contributed by atoms with Gasteiger partial charge in [0, 0.05) is 30.0 Å². The first kappa shape index (κ1) is 12.7. The summed E-state index contributed by atoms with van der Waals surface area (Å²) < 4.78 is 2.19. The molecule has 3 rings (SSSR count). The van der Waals surface area contributed by atoms with E-state index in [0.29, 0.717) is 6.04 Å². The molecule has 1 fully saturated rings. The second-order valence-electron chi connectivity index (χ2n) is 5.18. The van der Waals surface area contributed by atoms with E-state index in [1.807, 2.05) is 24.0 Å². The lowest BCUT2D eigenvalue weighted by atomic mass is 9.96. The van der Waals surface area contributed by atoms with Gasteiger partial charge in [-0.1, -0.05) is 19.3 Å². The number of rotatable bonds is 4. The molecule has 1 unspecified atom stereocenters. The molecule has 1 saturated carbocycles. The SMILES string of the molecule is CC(c1nccs1)n1ccnc1NC1CCCCC1. The first-order valence-corrected chi connectivity index (χ1v) is 7.91. The van der Waals surface area contributed by atoms with Crippen LogP contribution >= 0.6 is 11.3 Å². The highest BCUT2D eigenvalue weighted by molar-refractivity contribution is 7.09. The Kier molecular flexibility index (Phi) is 3.82. The van der Waals surface area contributed by atoms with E-state index in [4.69, 9.17) is 0 Å². The van der Waals surface area contributed by atoms with Crippen LogP contribution in [0.15, 0.2) is 24.0 Å². The molecule has 0 bridgehead atoms. The van der Waals surface area contributed by atoms with Crippen LogP contribution in [0.3, 0.4) is 0 Å². The molecule has 0 aromatic carbocycles. The van der Waals surface area contributed by atoms with Crippen LogP contribution in [0.4, 0.5) is 5.95 Å². The lowest BCUT2D eigenvalue weighted by Gasteiger charge is -2.24. The van der Waals surface area contributed by atoms with E-state index in [1.54, 1.807) is 11.3 Å². The standard InChI is InChI=1S/C14H20N4S/c1-11(13-15-8-10-19-13)18-9-7-16-14(18)17-12-5-3-2-4-6-12/h7-12H,2-6H2,1H3,(H,16,17). The number of hydrogen-bond acceptors (Lipinski definition) is 4. The van der Waals surface area contributed by atoms with Crippen LogP contribution in [0.5, 0.6) is 0 Å². The van der Waals surface area contributed by atoms with E-state index in [1.165, 1.54) is 32.1 Å². The topological polar surface area (TPSA) is 42.7 Å². The third-order valence-corrected chi connectivity index (χ3v) is 4.78. The predicted molar refractivity (Wildman–Crippen MR) is 78.6 cm³/mol. The van der Waals surface area contributed by atoms with Crippen LogP contribution in [-0.4, -0.2) is 20.6 Å². The molecule has 5 heteroatoms. The Morgan fingerprint density at radius 2 is 2.11 bits per heavy atom. The number of anilines is 1. The molecule has 2 aromatic rings. The van der Waals surface area contributed by atoms with Crippen molar-refractivity contribution in [2.75, 3.05) is 5.32 Å². The van der Waals surface area contributed by atoms with Gasteiger partial charge in [0.25, 0.3) is 0 Å². The highest BCUT2D eigenvalue weighted by Gasteiger charge is 2.18. The molecule has 0 spiro atoms. The first-order valence-electron chi connectivity index (χ1n) is 7.03. The van der Waals surface area contributed by atoms with E-state index in [9.17, 15) is 0 Å². The molecule has 0 radical (unpaired) electrons. The number of nitrogens with one attached hydrogen (secondary N) is 1. The second kappa shape index (κ2) is 5.74. The van der Waals surface area contributed by atoms with Gasteiger partial charge in [-0.25, -0.2) is 9.97 Å². The predicted octanol–water partition coefficient (Wildman–Crippen LogP) is 3.69. The minimum absolute atomic E-state index is 0.244. The van der Waals surface area contributed by atoms with Gasteiger partial charge in [0.05, 0.1) is 6.04 Å². The van der Waals surface area contributed by atoms with Gasteiger partial charge in [0.15, 0.2) is 0 Å². The molecule has 1 aliphatic carbocycles. The molecule has 19 heavy (non-hydrogen) atoms. The highest BCUT2D eigenvalue weighted by Crippen LogP contribution is 2.26. The molecule has 0 saturated heterocycles. The highest BCUT2D eigenvalue weighted by atomic mass is 32.1. The molecule has 1 atom stereocenters. The zero-order chi connectivity index (χ0) is 13.1. The summed E-state index contributed by atoms with van der Waals surface area (Å²) in [6, 6.07) is 0.826. The summed E-state index contributed by atoms with van der Waals surface area (Å²) in [5.74, 6) is 0.981. The second-order valence-corrected chi connectivity index (χ2v) is 6.11. The van der Waals surface area contributed by atoms with E-state index < -0.39 is 0 Å². The lowest BCUT2D eigenvalue weighted by molar-refractivity contribution is 0.458. The zero-order valence-electron chi connectivity index (χ0n) is 11.2. The molecule has 1 N–H and O–H groups in total. The lowest BCUT2D eigenvalue weighted by Crippen LogP contribution is -2.25. The smallest absolute Gasteiger partial charge is 0.203 e. The van der Waals surface area contributed by atoms with Gasteiger partial charge in [0.1, 0.15) is 5.01 Å². The van der Waals surface area contributed by atoms with E-state index in [-0.39, 0.29) is 6.04 Å². The van der Waals surface area contributed by atoms with Gasteiger partial charge in [-0.3, -0.25) is 0 Å². The minimum Gasteiger partial charge on any atom is -0.353 e. The summed E-state index contributed by atoms with van der Waals surface area (Å²) in [7, 11) is 0. The fraction of sp³-hybridized carbons (Fsp3) is 0.571. The number of nitrogens with zero attached hydrogens (tertiary/aromatic N) is 3. The van der Waals surface area contributed by atoms with Gasteiger partial charge in [-0.2, -0.15) is 0 Å². The maximum absolute atomic E-state index is 4.47. The Bertz CT molecular complexity index is 499. The summed E-state index contributed by atoms with van der Waals surface area (Å²) >= 11 is 1.70. The Balaban J connectivity index is 1.74. The van der Waals surface area contributed by atoms with Gasteiger partial charge >= 0.3 is 0 Å². The van der Waals surface area contributed by atoms with E-state index in [0.717, 1.165) is 11.0 Å². The molecule has 2 heterocycles. The van der Waals surface area contributed by atoms with Crippen molar-refractivity contribution in [3.8, 4) is 0 Å². The monoisotopic (exact) mass is 276 g/mol. The first-order chi connectivity index (χ1) is 9.34. The summed E-state index contributed by atoms with van der Waals surface area (Å²) in [6.07, 6.45) is 12.3. The minimum atomic E-state index is 0.244. The fourth-order valence-electron chi connectivity index (χ4n) is 2.73. The van der Waals surface area contributed by atoms with Crippen LogP contribution in [0.1, 0.15) is 50.1 Å². The van der Waals surface area contributed by atoms with Gasteiger partial charge in [-0.15, -0.1) is 11.3 Å². The number of aromatic nitrogens is 3. The quantitative estimate of drug-likeness (QED) is 0.926. The van der Waals surface area contributed by atoms with Crippen LogP contribution in [0.2, 0.25) is 0 Å². The largest absolute Gasteiger partial charge is 0.353 e. The summed E-state index contributed by atoms with van der Waals surface area (Å²) in [5, 5.41) is 6.76. The zero-order valence-corrected chi connectivity index (χ0v) is 12.1. The normalized spacial score (nSPS) is 18.4. The molecular weight excluding hydrogens is 256 g/mol. The van der Waals surface area contributed by atoms with Crippen molar-refractivity contribution >= 4 is 17.3 Å².